The topological polar surface area (TPSA) is 87.5 Å². The molecule has 1 heterocycles. The standard InChI is InChI=1S/C28H28ClFN4O3/c1-34(2)23-12-9-19-14-21(6-5-20(19)15-23)27(36)33-24(4-3-13-31-26(35)16-30)28-32-17-25(37-28)18-7-10-22(29)11-8-18/h5-12,14-15,17,24H,3-4,13,16H2,1-2H3,(H,31,35)(H,33,36)/t24-/m0/s1. The largest absolute Gasteiger partial charge is 0.438 e. The first-order chi connectivity index (χ1) is 17.8. The Morgan fingerprint density at radius 3 is 2.51 bits per heavy atom. The van der Waals surface area contributed by atoms with Gasteiger partial charge in [-0.1, -0.05) is 23.7 Å². The van der Waals surface area contributed by atoms with Crippen molar-refractivity contribution in [3.63, 3.8) is 0 Å². The van der Waals surface area contributed by atoms with Gasteiger partial charge in [0, 0.05) is 42.5 Å². The van der Waals surface area contributed by atoms with Crippen molar-refractivity contribution >= 4 is 39.9 Å². The van der Waals surface area contributed by atoms with Crippen LogP contribution in [-0.4, -0.2) is 44.1 Å². The Kier molecular flexibility index (Phi) is 8.40. The maximum atomic E-state index is 13.2. The highest BCUT2D eigenvalue weighted by Gasteiger charge is 2.21. The first-order valence-corrected chi connectivity index (χ1v) is 12.3. The normalized spacial score (nSPS) is 11.8. The van der Waals surface area contributed by atoms with Gasteiger partial charge >= 0.3 is 0 Å². The summed E-state index contributed by atoms with van der Waals surface area (Å²) >= 11 is 5.98. The molecule has 0 aliphatic carbocycles. The predicted molar refractivity (Wildman–Crippen MR) is 144 cm³/mol. The molecule has 1 atom stereocenters. The molecule has 0 aliphatic rings. The summed E-state index contributed by atoms with van der Waals surface area (Å²) < 4.78 is 18.4. The van der Waals surface area contributed by atoms with Crippen LogP contribution in [0.5, 0.6) is 0 Å². The fourth-order valence-electron chi connectivity index (χ4n) is 3.93. The minimum Gasteiger partial charge on any atom is -0.438 e. The van der Waals surface area contributed by atoms with Crippen LogP contribution in [0.25, 0.3) is 22.1 Å². The molecule has 7 nitrogen and oxygen atoms in total. The van der Waals surface area contributed by atoms with Crippen molar-refractivity contribution in [1.82, 2.24) is 15.6 Å². The molecule has 192 valence electrons. The lowest BCUT2D eigenvalue weighted by atomic mass is 10.0. The van der Waals surface area contributed by atoms with Crippen molar-refractivity contribution in [3.8, 4) is 11.3 Å². The van der Waals surface area contributed by atoms with Crippen molar-refractivity contribution in [3.05, 3.63) is 83.3 Å². The van der Waals surface area contributed by atoms with E-state index in [1.165, 1.54) is 0 Å². The van der Waals surface area contributed by atoms with E-state index >= 15 is 0 Å². The van der Waals surface area contributed by atoms with E-state index in [-0.39, 0.29) is 12.5 Å². The number of aromatic nitrogens is 1. The molecule has 4 aromatic rings. The molecule has 2 amide bonds. The smallest absolute Gasteiger partial charge is 0.251 e. The maximum absolute atomic E-state index is 13.2. The van der Waals surface area contributed by atoms with Gasteiger partial charge < -0.3 is 20.0 Å². The van der Waals surface area contributed by atoms with Gasteiger partial charge in [-0.25, -0.2) is 9.37 Å². The number of hydrogen-bond donors (Lipinski definition) is 2. The molecule has 3 aromatic carbocycles. The second-order valence-corrected chi connectivity index (χ2v) is 9.30. The van der Waals surface area contributed by atoms with E-state index in [1.54, 1.807) is 24.4 Å². The summed E-state index contributed by atoms with van der Waals surface area (Å²) in [5.41, 5.74) is 2.38. The number of nitrogens with zero attached hydrogens (tertiary/aromatic N) is 2. The third-order valence-corrected chi connectivity index (χ3v) is 6.22. The van der Waals surface area contributed by atoms with E-state index < -0.39 is 18.6 Å². The number of alkyl halides is 1. The van der Waals surface area contributed by atoms with Crippen LogP contribution in [0.4, 0.5) is 10.1 Å². The minimum atomic E-state index is -1.07. The second-order valence-electron chi connectivity index (χ2n) is 8.86. The molecule has 4 rings (SSSR count). The third kappa shape index (κ3) is 6.65. The van der Waals surface area contributed by atoms with Gasteiger partial charge in [0.05, 0.1) is 6.20 Å². The average Bonchev–Trinajstić information content (AvgIpc) is 3.40. The van der Waals surface area contributed by atoms with Gasteiger partial charge in [0.15, 0.2) is 12.4 Å². The lowest BCUT2D eigenvalue weighted by Crippen LogP contribution is -2.30. The summed E-state index contributed by atoms with van der Waals surface area (Å²) in [6.07, 6.45) is 2.51. The molecule has 0 saturated carbocycles. The summed E-state index contributed by atoms with van der Waals surface area (Å²) in [5, 5.41) is 8.10. The van der Waals surface area contributed by atoms with E-state index in [0.29, 0.717) is 35.1 Å². The molecule has 0 saturated heterocycles. The number of halogens is 2. The van der Waals surface area contributed by atoms with Crippen LogP contribution < -0.4 is 15.5 Å². The van der Waals surface area contributed by atoms with E-state index in [0.717, 1.165) is 22.0 Å². The molecule has 2 N–H and O–H groups in total. The number of benzene rings is 3. The number of nitrogens with one attached hydrogen (secondary N) is 2. The second kappa shape index (κ2) is 11.9. The number of carbonyl (C=O) groups is 2. The summed E-state index contributed by atoms with van der Waals surface area (Å²) in [7, 11) is 3.96. The monoisotopic (exact) mass is 522 g/mol. The van der Waals surface area contributed by atoms with Crippen molar-refractivity contribution in [1.29, 1.82) is 0 Å². The highest BCUT2D eigenvalue weighted by atomic mass is 35.5. The molecule has 0 radical (unpaired) electrons. The molecular formula is C28H28ClFN4O3. The van der Waals surface area contributed by atoms with Gasteiger partial charge in [0.1, 0.15) is 6.04 Å². The van der Waals surface area contributed by atoms with Gasteiger partial charge in [-0.05, 0) is 72.1 Å². The van der Waals surface area contributed by atoms with E-state index in [1.807, 2.05) is 55.4 Å². The Hall–Kier alpha value is -3.91. The Labute approximate surface area is 219 Å². The molecular weight excluding hydrogens is 495 g/mol. The van der Waals surface area contributed by atoms with Crippen LogP contribution in [-0.2, 0) is 4.79 Å². The lowest BCUT2D eigenvalue weighted by molar-refractivity contribution is -0.121. The zero-order valence-electron chi connectivity index (χ0n) is 20.6. The van der Waals surface area contributed by atoms with Crippen molar-refractivity contribution < 1.29 is 18.4 Å². The van der Waals surface area contributed by atoms with Crippen LogP contribution in [0, 0.1) is 0 Å². The Balaban J connectivity index is 1.53. The van der Waals surface area contributed by atoms with E-state index in [4.69, 9.17) is 16.0 Å². The summed E-state index contributed by atoms with van der Waals surface area (Å²) in [6.45, 7) is -0.799. The molecule has 9 heteroatoms. The predicted octanol–water partition coefficient (Wildman–Crippen LogP) is 5.55. The molecule has 0 aliphatic heterocycles. The molecule has 0 unspecified atom stereocenters. The highest BCUT2D eigenvalue weighted by molar-refractivity contribution is 6.30. The van der Waals surface area contributed by atoms with Gasteiger partial charge in [-0.3, -0.25) is 9.59 Å². The number of anilines is 1. The Bertz CT molecular complexity index is 1390. The highest BCUT2D eigenvalue weighted by Crippen LogP contribution is 2.27. The van der Waals surface area contributed by atoms with Crippen LogP contribution >= 0.6 is 11.6 Å². The fraction of sp³-hybridized carbons (Fsp3) is 0.250. The maximum Gasteiger partial charge on any atom is 0.251 e. The number of carbonyl (C=O) groups excluding carboxylic acids is 2. The summed E-state index contributed by atoms with van der Waals surface area (Å²) in [4.78, 5) is 30.9. The van der Waals surface area contributed by atoms with Crippen LogP contribution in [0.15, 0.2) is 71.3 Å². The van der Waals surface area contributed by atoms with Gasteiger partial charge in [-0.2, -0.15) is 0 Å². The number of amides is 2. The first-order valence-electron chi connectivity index (χ1n) is 11.9. The lowest BCUT2D eigenvalue weighted by Gasteiger charge is -2.17. The SMILES string of the molecule is CN(C)c1ccc2cc(C(=O)N[C@@H](CCCNC(=O)CF)c3ncc(-c4ccc(Cl)cc4)o3)ccc2c1. The third-order valence-electron chi connectivity index (χ3n) is 5.97. The van der Waals surface area contributed by atoms with E-state index in [2.05, 4.69) is 21.7 Å². The molecule has 0 bridgehead atoms. The zero-order chi connectivity index (χ0) is 26.4. The number of rotatable bonds is 10. The average molecular weight is 523 g/mol. The van der Waals surface area contributed by atoms with Crippen LogP contribution in [0.2, 0.25) is 5.02 Å². The van der Waals surface area contributed by atoms with Gasteiger partial charge in [0.25, 0.3) is 11.8 Å². The van der Waals surface area contributed by atoms with Crippen molar-refractivity contribution in [2.75, 3.05) is 32.2 Å². The first kappa shape index (κ1) is 26.2. The number of oxazole rings is 1. The quantitative estimate of drug-likeness (QED) is 0.267. The minimum absolute atomic E-state index is 0.268. The van der Waals surface area contributed by atoms with Gasteiger partial charge in [0.2, 0.25) is 5.89 Å². The summed E-state index contributed by atoms with van der Waals surface area (Å²) in [5.74, 6) is -0.0662. The van der Waals surface area contributed by atoms with E-state index in [9.17, 15) is 14.0 Å². The van der Waals surface area contributed by atoms with Crippen molar-refractivity contribution in [2.24, 2.45) is 0 Å². The molecule has 1 aromatic heterocycles. The Morgan fingerprint density at radius 1 is 1.05 bits per heavy atom. The van der Waals surface area contributed by atoms with Crippen LogP contribution in [0.1, 0.15) is 35.1 Å². The summed E-state index contributed by atoms with van der Waals surface area (Å²) in [6, 6.07) is 18.2. The molecule has 0 spiro atoms. The molecule has 37 heavy (non-hydrogen) atoms. The molecule has 0 fully saturated rings. The van der Waals surface area contributed by atoms with Gasteiger partial charge in [-0.15, -0.1) is 0 Å². The zero-order valence-corrected chi connectivity index (χ0v) is 21.4. The van der Waals surface area contributed by atoms with Crippen molar-refractivity contribution in [2.45, 2.75) is 18.9 Å². The Morgan fingerprint density at radius 2 is 1.78 bits per heavy atom. The van der Waals surface area contributed by atoms with Crippen LogP contribution in [0.3, 0.4) is 0 Å². The number of hydrogen-bond acceptors (Lipinski definition) is 5. The fourth-order valence-corrected chi connectivity index (χ4v) is 4.06. The number of fused-ring (bicyclic) bond motifs is 1.